The minimum Gasteiger partial charge on any atom is -0.394 e. The van der Waals surface area contributed by atoms with Crippen LogP contribution in [0.15, 0.2) is 0 Å². The lowest BCUT2D eigenvalue weighted by atomic mass is 9.98. The van der Waals surface area contributed by atoms with Gasteiger partial charge in [-0.1, -0.05) is 0 Å². The topological polar surface area (TPSA) is 179 Å². The third kappa shape index (κ3) is 3.86. The summed E-state index contributed by atoms with van der Waals surface area (Å²) in [6, 6.07) is 0. The molecular formula is C13H24O11. The molecular weight excluding hydrogens is 332 g/mol. The molecule has 11 nitrogen and oxygen atoms in total. The zero-order valence-electron chi connectivity index (χ0n) is 13.0. The maximum absolute atomic E-state index is 9.91. The van der Waals surface area contributed by atoms with Crippen molar-refractivity contribution in [3.05, 3.63) is 0 Å². The van der Waals surface area contributed by atoms with Crippen LogP contribution in [0, 0.1) is 0 Å². The van der Waals surface area contributed by atoms with E-state index in [0.717, 1.165) is 0 Å². The highest BCUT2D eigenvalue weighted by Gasteiger charge is 2.47. The first-order valence-corrected chi connectivity index (χ1v) is 7.46. The third-order valence-corrected chi connectivity index (χ3v) is 4.17. The molecule has 0 aliphatic carbocycles. The van der Waals surface area contributed by atoms with Gasteiger partial charge < -0.3 is 54.7 Å². The number of hydrogen-bond donors (Lipinski definition) is 7. The molecule has 2 heterocycles. The first kappa shape index (κ1) is 19.9. The van der Waals surface area contributed by atoms with E-state index in [4.69, 9.17) is 24.1 Å². The monoisotopic (exact) mass is 356 g/mol. The normalized spacial score (nSPS) is 50.0. The van der Waals surface area contributed by atoms with Crippen molar-refractivity contribution in [2.24, 2.45) is 0 Å². The second-order valence-electron chi connectivity index (χ2n) is 5.78. The fourth-order valence-electron chi connectivity index (χ4n) is 2.64. The highest BCUT2D eigenvalue weighted by molar-refractivity contribution is 4.91. The van der Waals surface area contributed by atoms with Gasteiger partial charge in [-0.2, -0.15) is 0 Å². The number of methoxy groups -OCH3 is 1. The Morgan fingerprint density at radius 1 is 0.708 bits per heavy atom. The first-order chi connectivity index (χ1) is 11.3. The van der Waals surface area contributed by atoms with E-state index in [0.29, 0.717) is 0 Å². The Hall–Kier alpha value is -0.440. The van der Waals surface area contributed by atoms with Crippen LogP contribution in [-0.4, -0.2) is 117 Å². The van der Waals surface area contributed by atoms with Crippen molar-refractivity contribution in [3.63, 3.8) is 0 Å². The number of ether oxygens (including phenoxy) is 4. The molecule has 0 aromatic carbocycles. The lowest BCUT2D eigenvalue weighted by molar-refractivity contribution is -0.328. The number of rotatable bonds is 5. The van der Waals surface area contributed by atoms with Crippen LogP contribution in [0.2, 0.25) is 0 Å². The summed E-state index contributed by atoms with van der Waals surface area (Å²) in [5.41, 5.74) is 0. The van der Waals surface area contributed by atoms with Gasteiger partial charge in [0.25, 0.3) is 0 Å². The molecule has 0 aromatic heterocycles. The third-order valence-electron chi connectivity index (χ3n) is 4.17. The molecule has 0 saturated carbocycles. The van der Waals surface area contributed by atoms with Crippen molar-refractivity contribution in [1.82, 2.24) is 0 Å². The Balaban J connectivity index is 1.96. The van der Waals surface area contributed by atoms with Crippen molar-refractivity contribution in [1.29, 1.82) is 0 Å². The minimum atomic E-state index is -1.60. The molecule has 0 spiro atoms. The Morgan fingerprint density at radius 2 is 1.21 bits per heavy atom. The van der Waals surface area contributed by atoms with E-state index in [-0.39, 0.29) is 6.61 Å². The first-order valence-electron chi connectivity index (χ1n) is 7.46. The van der Waals surface area contributed by atoms with Gasteiger partial charge in [-0.05, 0) is 0 Å². The van der Waals surface area contributed by atoms with Gasteiger partial charge in [0.15, 0.2) is 12.6 Å². The molecule has 0 unspecified atom stereocenters. The predicted octanol–water partition coefficient (Wildman–Crippen LogP) is -4.74. The van der Waals surface area contributed by atoms with Crippen LogP contribution in [0.4, 0.5) is 0 Å². The van der Waals surface area contributed by atoms with E-state index in [1.54, 1.807) is 0 Å². The minimum absolute atomic E-state index is 0.381. The fourth-order valence-corrected chi connectivity index (χ4v) is 2.64. The second kappa shape index (κ2) is 8.29. The summed E-state index contributed by atoms with van der Waals surface area (Å²) in [5, 5.41) is 67.6. The van der Waals surface area contributed by atoms with Crippen LogP contribution in [0.1, 0.15) is 0 Å². The molecule has 11 heteroatoms. The van der Waals surface area contributed by atoms with Gasteiger partial charge in [0, 0.05) is 7.11 Å². The van der Waals surface area contributed by atoms with E-state index >= 15 is 0 Å². The van der Waals surface area contributed by atoms with Crippen LogP contribution in [0.5, 0.6) is 0 Å². The molecule has 0 radical (unpaired) electrons. The van der Waals surface area contributed by atoms with Gasteiger partial charge >= 0.3 is 0 Å². The Morgan fingerprint density at radius 3 is 1.75 bits per heavy atom. The Kier molecular flexibility index (Phi) is 6.87. The number of aliphatic hydroxyl groups excluding tert-OH is 7. The van der Waals surface area contributed by atoms with Crippen molar-refractivity contribution < 1.29 is 54.7 Å². The summed E-state index contributed by atoms with van der Waals surface area (Å²) in [4.78, 5) is 0. The summed E-state index contributed by atoms with van der Waals surface area (Å²) in [6.45, 7) is -0.989. The summed E-state index contributed by atoms with van der Waals surface area (Å²) < 4.78 is 20.5. The fraction of sp³-hybridized carbons (Fsp3) is 1.00. The van der Waals surface area contributed by atoms with E-state index in [2.05, 4.69) is 0 Å². The molecule has 142 valence electrons. The Labute approximate surface area is 137 Å². The van der Waals surface area contributed by atoms with Crippen molar-refractivity contribution in [2.45, 2.75) is 61.4 Å². The molecule has 7 N–H and O–H groups in total. The Bertz CT molecular complexity index is 356. The van der Waals surface area contributed by atoms with Crippen molar-refractivity contribution in [2.75, 3.05) is 20.3 Å². The quantitative estimate of drug-likeness (QED) is 0.251. The van der Waals surface area contributed by atoms with Crippen LogP contribution in [-0.2, 0) is 18.9 Å². The maximum atomic E-state index is 9.91. The molecule has 2 saturated heterocycles. The van der Waals surface area contributed by atoms with E-state index in [1.807, 2.05) is 0 Å². The van der Waals surface area contributed by atoms with Gasteiger partial charge in [0.1, 0.15) is 48.8 Å². The predicted molar refractivity (Wildman–Crippen MR) is 73.4 cm³/mol. The highest BCUT2D eigenvalue weighted by atomic mass is 16.7. The summed E-state index contributed by atoms with van der Waals surface area (Å²) in [5.74, 6) is 0. The second-order valence-corrected chi connectivity index (χ2v) is 5.78. The summed E-state index contributed by atoms with van der Waals surface area (Å²) in [7, 11) is 1.24. The molecule has 0 bridgehead atoms. The summed E-state index contributed by atoms with van der Waals surface area (Å²) >= 11 is 0. The molecule has 10 atom stereocenters. The molecule has 0 amide bonds. The average molecular weight is 356 g/mol. The highest BCUT2D eigenvalue weighted by Crippen LogP contribution is 2.25. The van der Waals surface area contributed by atoms with Crippen LogP contribution < -0.4 is 0 Å². The van der Waals surface area contributed by atoms with Gasteiger partial charge in [-0.15, -0.1) is 0 Å². The van der Waals surface area contributed by atoms with Crippen LogP contribution in [0.25, 0.3) is 0 Å². The molecule has 2 aliphatic heterocycles. The maximum Gasteiger partial charge on any atom is 0.186 e. The SMILES string of the molecule is CO[C@H]1O[C@H](CO[C@H]2O[C@H](CO)[C@@H](O)[C@H](O)[C@H]2O)[C@H](O)[C@H](O)[C@H]1O. The largest absolute Gasteiger partial charge is 0.394 e. The zero-order valence-corrected chi connectivity index (χ0v) is 13.0. The zero-order chi connectivity index (χ0) is 18.0. The van der Waals surface area contributed by atoms with E-state index in [1.165, 1.54) is 7.11 Å². The number of hydrogen-bond acceptors (Lipinski definition) is 11. The standard InChI is InChI=1S/C13H24O11/c1-21-12-10(19)9(18)7(16)5(24-12)3-22-13-11(20)8(17)6(15)4(2-14)23-13/h4-20H,2-3H2,1H3/t4-,5-,6-,7+,8+,9+,10-,11-,12+,13+/m1/s1. The van der Waals surface area contributed by atoms with Gasteiger partial charge in [-0.25, -0.2) is 0 Å². The molecule has 24 heavy (non-hydrogen) atoms. The van der Waals surface area contributed by atoms with Gasteiger partial charge in [-0.3, -0.25) is 0 Å². The van der Waals surface area contributed by atoms with Crippen LogP contribution in [0.3, 0.4) is 0 Å². The van der Waals surface area contributed by atoms with Gasteiger partial charge in [0.2, 0.25) is 0 Å². The molecule has 2 aliphatic rings. The van der Waals surface area contributed by atoms with E-state index < -0.39 is 68.0 Å². The number of aliphatic hydroxyl groups is 7. The van der Waals surface area contributed by atoms with E-state index in [9.17, 15) is 30.6 Å². The molecule has 2 rings (SSSR count). The lowest BCUT2D eigenvalue weighted by Crippen LogP contribution is -2.61. The molecule has 2 fully saturated rings. The molecule has 0 aromatic rings. The lowest BCUT2D eigenvalue weighted by Gasteiger charge is -2.42. The average Bonchev–Trinajstić information content (AvgIpc) is 2.58. The van der Waals surface area contributed by atoms with Gasteiger partial charge in [0.05, 0.1) is 13.2 Å². The van der Waals surface area contributed by atoms with Crippen LogP contribution >= 0.6 is 0 Å². The smallest absolute Gasteiger partial charge is 0.186 e. The summed E-state index contributed by atoms with van der Waals surface area (Å²) in [6.07, 6.45) is -14.0. The van der Waals surface area contributed by atoms with Crippen molar-refractivity contribution >= 4 is 0 Å². The van der Waals surface area contributed by atoms with Crippen molar-refractivity contribution in [3.8, 4) is 0 Å².